The molecule has 1 unspecified atom stereocenters. The number of piperidine rings is 1. The first-order chi connectivity index (χ1) is 12.9. The number of nitrogens with two attached hydrogens (primary N) is 1. The Morgan fingerprint density at radius 3 is 2.68 bits per heavy atom. The molecule has 8 nitrogen and oxygen atoms in total. The quantitative estimate of drug-likeness (QED) is 0.720. The van der Waals surface area contributed by atoms with Crippen LogP contribution in [0.2, 0.25) is 0 Å². The molecule has 1 aliphatic heterocycles. The van der Waals surface area contributed by atoms with Crippen molar-refractivity contribution in [3.05, 3.63) is 36.4 Å². The minimum absolute atomic E-state index is 0. The Morgan fingerprint density at radius 2 is 2.07 bits per heavy atom. The van der Waals surface area contributed by atoms with Crippen molar-refractivity contribution in [2.75, 3.05) is 26.2 Å². The van der Waals surface area contributed by atoms with E-state index in [4.69, 9.17) is 10.2 Å². The Hall–Kier alpha value is -1.94. The average molecular weight is 429 g/mol. The number of aryl methyl sites for hydroxylation is 1. The summed E-state index contributed by atoms with van der Waals surface area (Å²) in [7, 11) is -3.66. The van der Waals surface area contributed by atoms with Crippen LogP contribution in [0.15, 0.2) is 39.8 Å². The second-order valence-electron chi connectivity index (χ2n) is 6.56. The number of sulfonamides is 1. The number of hydrogen-bond donors (Lipinski definition) is 2. The number of hydrogen-bond acceptors (Lipinski definition) is 6. The van der Waals surface area contributed by atoms with Crippen molar-refractivity contribution in [1.29, 1.82) is 0 Å². The van der Waals surface area contributed by atoms with Gasteiger partial charge in [0.05, 0.1) is 10.8 Å². The molecule has 28 heavy (non-hydrogen) atoms. The maximum atomic E-state index is 13.0. The molecule has 3 rings (SSSR count). The zero-order valence-electron chi connectivity index (χ0n) is 15.6. The van der Waals surface area contributed by atoms with Gasteiger partial charge in [0.25, 0.3) is 0 Å². The molecule has 0 saturated carbocycles. The van der Waals surface area contributed by atoms with Crippen LogP contribution in [-0.4, -0.2) is 49.8 Å². The zero-order chi connectivity index (χ0) is 19.4. The number of carbonyl (C=O) groups is 1. The highest BCUT2D eigenvalue weighted by molar-refractivity contribution is 7.89. The van der Waals surface area contributed by atoms with Gasteiger partial charge in [-0.2, -0.15) is 4.31 Å². The molecule has 2 heterocycles. The Bertz CT molecular complexity index is 899. The van der Waals surface area contributed by atoms with Gasteiger partial charge in [0.1, 0.15) is 12.0 Å². The predicted molar refractivity (Wildman–Crippen MR) is 107 cm³/mol. The molecule has 0 radical (unpaired) electrons. The maximum Gasteiger partial charge on any atom is 0.243 e. The van der Waals surface area contributed by atoms with E-state index in [1.165, 1.54) is 10.6 Å². The fourth-order valence-corrected chi connectivity index (χ4v) is 4.68. The van der Waals surface area contributed by atoms with E-state index in [9.17, 15) is 13.2 Å². The third-order valence-corrected chi connectivity index (χ3v) is 6.48. The van der Waals surface area contributed by atoms with Crippen molar-refractivity contribution in [3.8, 4) is 11.3 Å². The summed E-state index contributed by atoms with van der Waals surface area (Å²) >= 11 is 0. The lowest BCUT2D eigenvalue weighted by Crippen LogP contribution is -2.46. The van der Waals surface area contributed by atoms with Crippen molar-refractivity contribution >= 4 is 28.3 Å². The molecule has 0 bridgehead atoms. The fourth-order valence-electron chi connectivity index (χ4n) is 3.16. The van der Waals surface area contributed by atoms with Crippen molar-refractivity contribution in [2.24, 2.45) is 11.7 Å². The second-order valence-corrected chi connectivity index (χ2v) is 8.50. The average Bonchev–Trinajstić information content (AvgIpc) is 3.12. The standard InChI is InChI=1S/C18H24N4O4S.ClH/c1-13-21-17(12-26-13)14-4-6-16(7-5-14)27(24,25)22-10-2-3-15(11-22)18(23)20-9-8-19;/h4-7,12,15H,2-3,8-11,19H2,1H3,(H,20,23);1H. The van der Waals surface area contributed by atoms with Gasteiger partial charge in [-0.1, -0.05) is 12.1 Å². The highest BCUT2D eigenvalue weighted by Crippen LogP contribution is 2.26. The van der Waals surface area contributed by atoms with Crippen molar-refractivity contribution < 1.29 is 17.6 Å². The number of benzene rings is 1. The van der Waals surface area contributed by atoms with Crippen LogP contribution in [0.3, 0.4) is 0 Å². The lowest BCUT2D eigenvalue weighted by molar-refractivity contribution is -0.126. The van der Waals surface area contributed by atoms with Crippen LogP contribution in [0.1, 0.15) is 18.7 Å². The van der Waals surface area contributed by atoms with Gasteiger partial charge in [0.2, 0.25) is 15.9 Å². The summed E-state index contributed by atoms with van der Waals surface area (Å²) in [6.45, 7) is 3.10. The third kappa shape index (κ3) is 4.91. The topological polar surface area (TPSA) is 119 Å². The van der Waals surface area contributed by atoms with Crippen LogP contribution in [0.5, 0.6) is 0 Å². The van der Waals surface area contributed by atoms with Crippen LogP contribution >= 0.6 is 12.4 Å². The number of nitrogens with zero attached hydrogens (tertiary/aromatic N) is 2. The van der Waals surface area contributed by atoms with Crippen LogP contribution in [0.4, 0.5) is 0 Å². The van der Waals surface area contributed by atoms with Crippen LogP contribution in [0, 0.1) is 12.8 Å². The third-order valence-electron chi connectivity index (χ3n) is 4.61. The molecule has 1 fully saturated rings. The summed E-state index contributed by atoms with van der Waals surface area (Å²) in [5, 5.41) is 2.74. The van der Waals surface area contributed by atoms with Gasteiger partial charge in [-0.3, -0.25) is 4.79 Å². The van der Waals surface area contributed by atoms with E-state index in [0.717, 1.165) is 5.56 Å². The lowest BCUT2D eigenvalue weighted by Gasteiger charge is -2.31. The molecule has 1 aliphatic rings. The van der Waals surface area contributed by atoms with Crippen LogP contribution in [0.25, 0.3) is 11.3 Å². The Labute approximate surface area is 171 Å². The zero-order valence-corrected chi connectivity index (χ0v) is 17.3. The molecule has 1 amide bonds. The summed E-state index contributed by atoms with van der Waals surface area (Å²) in [5.41, 5.74) is 6.84. The first-order valence-electron chi connectivity index (χ1n) is 8.92. The molecule has 1 saturated heterocycles. The minimum atomic E-state index is -3.66. The lowest BCUT2D eigenvalue weighted by atomic mass is 9.99. The van der Waals surface area contributed by atoms with E-state index < -0.39 is 10.0 Å². The molecule has 0 spiro atoms. The largest absolute Gasteiger partial charge is 0.449 e. The summed E-state index contributed by atoms with van der Waals surface area (Å²) in [5.74, 6) is 0.0588. The number of aromatic nitrogens is 1. The van der Waals surface area contributed by atoms with Crippen LogP contribution < -0.4 is 11.1 Å². The predicted octanol–water partition coefficient (Wildman–Crippen LogP) is 1.55. The van der Waals surface area contributed by atoms with Gasteiger partial charge >= 0.3 is 0 Å². The first kappa shape index (κ1) is 22.4. The van der Waals surface area contributed by atoms with Gasteiger partial charge in [-0.15, -0.1) is 12.4 Å². The molecule has 10 heteroatoms. The van der Waals surface area contributed by atoms with E-state index >= 15 is 0 Å². The Morgan fingerprint density at radius 1 is 1.36 bits per heavy atom. The van der Waals surface area contributed by atoms with Crippen molar-refractivity contribution in [2.45, 2.75) is 24.7 Å². The number of amides is 1. The fraction of sp³-hybridized carbons (Fsp3) is 0.444. The normalized spacial score (nSPS) is 17.7. The van der Waals surface area contributed by atoms with Gasteiger partial charge in [0.15, 0.2) is 5.89 Å². The highest BCUT2D eigenvalue weighted by atomic mass is 35.5. The summed E-state index contributed by atoms with van der Waals surface area (Å²) in [4.78, 5) is 16.6. The number of carbonyl (C=O) groups excluding carboxylic acids is 1. The maximum absolute atomic E-state index is 13.0. The SMILES string of the molecule is Cc1nc(-c2ccc(S(=O)(=O)N3CCCC(C(=O)NCCN)C3)cc2)co1.Cl. The number of oxazole rings is 1. The van der Waals surface area contributed by atoms with E-state index in [1.807, 2.05) is 0 Å². The van der Waals surface area contributed by atoms with Crippen LogP contribution in [-0.2, 0) is 14.8 Å². The molecule has 154 valence electrons. The van der Waals surface area contributed by atoms with Gasteiger partial charge in [-0.05, 0) is 25.0 Å². The first-order valence-corrected chi connectivity index (χ1v) is 10.4. The molecule has 3 N–H and O–H groups in total. The smallest absolute Gasteiger partial charge is 0.243 e. The molecule has 1 atom stereocenters. The monoisotopic (exact) mass is 428 g/mol. The molecule has 1 aromatic heterocycles. The van der Waals surface area contributed by atoms with E-state index in [1.54, 1.807) is 31.2 Å². The highest BCUT2D eigenvalue weighted by Gasteiger charge is 2.33. The number of rotatable bonds is 6. The molecule has 1 aromatic carbocycles. The van der Waals surface area contributed by atoms with E-state index in [0.29, 0.717) is 44.1 Å². The second kappa shape index (κ2) is 9.51. The molecular weight excluding hydrogens is 404 g/mol. The Kier molecular flexibility index (Phi) is 7.59. The summed E-state index contributed by atoms with van der Waals surface area (Å²) in [6.07, 6.45) is 2.86. The van der Waals surface area contributed by atoms with Gasteiger partial charge in [-0.25, -0.2) is 13.4 Å². The number of nitrogens with one attached hydrogen (secondary N) is 1. The number of halogens is 1. The minimum Gasteiger partial charge on any atom is -0.449 e. The molecule has 0 aliphatic carbocycles. The van der Waals surface area contributed by atoms with E-state index in [2.05, 4.69) is 10.3 Å². The summed E-state index contributed by atoms with van der Waals surface area (Å²) in [6, 6.07) is 6.54. The van der Waals surface area contributed by atoms with Crippen molar-refractivity contribution in [3.63, 3.8) is 0 Å². The molecule has 2 aromatic rings. The van der Waals surface area contributed by atoms with Gasteiger partial charge < -0.3 is 15.5 Å². The van der Waals surface area contributed by atoms with Gasteiger partial charge in [0, 0.05) is 38.7 Å². The Balaban J connectivity index is 0.00000280. The van der Waals surface area contributed by atoms with Crippen molar-refractivity contribution in [1.82, 2.24) is 14.6 Å². The summed E-state index contributed by atoms with van der Waals surface area (Å²) < 4.78 is 32.5. The molecular formula is C18H25ClN4O4S. The van der Waals surface area contributed by atoms with E-state index in [-0.39, 0.29) is 35.7 Å².